The van der Waals surface area contributed by atoms with Crippen LogP contribution in [0.2, 0.25) is 5.02 Å². The van der Waals surface area contributed by atoms with Gasteiger partial charge in [0.15, 0.2) is 0 Å². The van der Waals surface area contributed by atoms with E-state index >= 15 is 0 Å². The van der Waals surface area contributed by atoms with E-state index in [1.54, 1.807) is 12.3 Å². The Morgan fingerprint density at radius 2 is 2.10 bits per heavy atom. The van der Waals surface area contributed by atoms with Crippen LogP contribution in [0.25, 0.3) is 10.9 Å². The van der Waals surface area contributed by atoms with Gasteiger partial charge in [-0.05, 0) is 23.8 Å². The molecule has 20 heavy (non-hydrogen) atoms. The summed E-state index contributed by atoms with van der Waals surface area (Å²) in [5.74, 6) is -0.896. The van der Waals surface area contributed by atoms with Gasteiger partial charge in [-0.2, -0.15) is 0 Å². The lowest BCUT2D eigenvalue weighted by Gasteiger charge is -2.28. The van der Waals surface area contributed by atoms with Gasteiger partial charge in [0.25, 0.3) is 0 Å². The fraction of sp³-hybridized carbons (Fsp3) is 0.267. The van der Waals surface area contributed by atoms with E-state index in [1.807, 2.05) is 25.1 Å². The normalized spacial score (nSPS) is 22.9. The van der Waals surface area contributed by atoms with E-state index in [1.165, 1.54) is 0 Å². The predicted octanol–water partition coefficient (Wildman–Crippen LogP) is 2.65. The highest BCUT2D eigenvalue weighted by atomic mass is 35.5. The number of hydrogen-bond donors (Lipinski definition) is 1. The van der Waals surface area contributed by atoms with E-state index in [0.29, 0.717) is 11.4 Å². The number of hydrogen-bond acceptors (Lipinski definition) is 3. The smallest absolute Gasteiger partial charge is 0.230 e. The molecule has 0 bridgehead atoms. The maximum atomic E-state index is 11.8. The van der Waals surface area contributed by atoms with Crippen molar-refractivity contribution < 1.29 is 9.59 Å². The third kappa shape index (κ3) is 2.06. The lowest BCUT2D eigenvalue weighted by molar-refractivity contribution is -0.136. The molecular formula is C15H13ClN2O2. The van der Waals surface area contributed by atoms with Gasteiger partial charge in [-0.25, -0.2) is 0 Å². The molecule has 5 heteroatoms. The molecule has 1 aliphatic heterocycles. The third-order valence-corrected chi connectivity index (χ3v) is 4.16. The van der Waals surface area contributed by atoms with Crippen LogP contribution in [0.5, 0.6) is 0 Å². The summed E-state index contributed by atoms with van der Waals surface area (Å²) in [4.78, 5) is 27.8. The van der Waals surface area contributed by atoms with E-state index in [-0.39, 0.29) is 23.7 Å². The van der Waals surface area contributed by atoms with Crippen molar-refractivity contribution >= 4 is 34.3 Å². The highest BCUT2D eigenvalue weighted by Crippen LogP contribution is 2.36. The van der Waals surface area contributed by atoms with Crippen molar-refractivity contribution in [3.63, 3.8) is 0 Å². The topological polar surface area (TPSA) is 59.1 Å². The monoisotopic (exact) mass is 288 g/mol. The number of amides is 2. The Bertz CT molecular complexity index is 714. The molecule has 1 fully saturated rings. The molecule has 1 aromatic carbocycles. The molecule has 3 rings (SSSR count). The number of piperidine rings is 1. The van der Waals surface area contributed by atoms with Crippen LogP contribution in [0, 0.1) is 5.92 Å². The maximum absolute atomic E-state index is 11.8. The van der Waals surface area contributed by atoms with Crippen molar-refractivity contribution in [1.29, 1.82) is 0 Å². The fourth-order valence-electron chi connectivity index (χ4n) is 2.70. The molecule has 2 amide bonds. The maximum Gasteiger partial charge on any atom is 0.230 e. The Balaban J connectivity index is 2.17. The Morgan fingerprint density at radius 3 is 2.90 bits per heavy atom. The molecule has 0 aliphatic carbocycles. The zero-order valence-corrected chi connectivity index (χ0v) is 11.6. The van der Waals surface area contributed by atoms with Crippen LogP contribution in [-0.4, -0.2) is 16.8 Å². The number of pyridine rings is 1. The van der Waals surface area contributed by atoms with Crippen LogP contribution in [-0.2, 0) is 9.59 Å². The van der Waals surface area contributed by atoms with Gasteiger partial charge in [-0.3, -0.25) is 19.9 Å². The standard InChI is InChI=1S/C15H13ClN2O2/c1-8-11(7-13(19)18-15(8)20)9-4-5-12(16)10-3-2-6-17-14(9)10/h2-6,8,11H,7H2,1H3,(H,18,19,20). The summed E-state index contributed by atoms with van der Waals surface area (Å²) >= 11 is 6.18. The van der Waals surface area contributed by atoms with Gasteiger partial charge in [-0.1, -0.05) is 24.6 Å². The number of rotatable bonds is 1. The summed E-state index contributed by atoms with van der Waals surface area (Å²) in [6.07, 6.45) is 1.98. The van der Waals surface area contributed by atoms with E-state index in [2.05, 4.69) is 10.3 Å². The van der Waals surface area contributed by atoms with Crippen molar-refractivity contribution in [3.05, 3.63) is 41.0 Å². The van der Waals surface area contributed by atoms with Crippen LogP contribution in [0.15, 0.2) is 30.5 Å². The van der Waals surface area contributed by atoms with Crippen LogP contribution < -0.4 is 5.32 Å². The molecule has 1 aliphatic rings. The second-order valence-electron chi connectivity index (χ2n) is 5.05. The van der Waals surface area contributed by atoms with E-state index in [0.717, 1.165) is 16.5 Å². The molecule has 2 unspecified atom stereocenters. The molecule has 4 nitrogen and oxygen atoms in total. The number of imide groups is 1. The molecule has 2 atom stereocenters. The van der Waals surface area contributed by atoms with Crippen molar-refractivity contribution in [2.45, 2.75) is 19.3 Å². The summed E-state index contributed by atoms with van der Waals surface area (Å²) in [6, 6.07) is 7.37. The van der Waals surface area contributed by atoms with Crippen molar-refractivity contribution in [3.8, 4) is 0 Å². The minimum absolute atomic E-state index is 0.161. The van der Waals surface area contributed by atoms with Crippen molar-refractivity contribution in [1.82, 2.24) is 10.3 Å². The quantitative estimate of drug-likeness (QED) is 0.821. The lowest BCUT2D eigenvalue weighted by Crippen LogP contribution is -2.43. The molecule has 0 spiro atoms. The number of fused-ring (bicyclic) bond motifs is 1. The van der Waals surface area contributed by atoms with Gasteiger partial charge >= 0.3 is 0 Å². The Labute approximate surface area is 121 Å². The zero-order valence-electron chi connectivity index (χ0n) is 10.9. The molecule has 1 N–H and O–H groups in total. The number of nitrogens with zero attached hydrogens (tertiary/aromatic N) is 1. The molecule has 2 aromatic rings. The van der Waals surface area contributed by atoms with Crippen LogP contribution in [0.4, 0.5) is 0 Å². The second-order valence-corrected chi connectivity index (χ2v) is 5.46. The molecular weight excluding hydrogens is 276 g/mol. The number of halogens is 1. The summed E-state index contributed by atoms with van der Waals surface area (Å²) < 4.78 is 0. The largest absolute Gasteiger partial charge is 0.296 e. The Kier molecular flexibility index (Phi) is 3.18. The first-order chi connectivity index (χ1) is 9.58. The third-order valence-electron chi connectivity index (χ3n) is 3.83. The predicted molar refractivity (Wildman–Crippen MR) is 76.4 cm³/mol. The summed E-state index contributed by atoms with van der Waals surface area (Å²) in [6.45, 7) is 1.83. The molecule has 1 saturated heterocycles. The fourth-order valence-corrected chi connectivity index (χ4v) is 2.92. The van der Waals surface area contributed by atoms with Crippen LogP contribution in [0.1, 0.15) is 24.8 Å². The van der Waals surface area contributed by atoms with Crippen LogP contribution >= 0.6 is 11.6 Å². The number of aromatic nitrogens is 1. The Hall–Kier alpha value is -1.94. The highest BCUT2D eigenvalue weighted by molar-refractivity contribution is 6.35. The second kappa shape index (κ2) is 4.87. The number of carbonyl (C=O) groups excluding carboxylic acids is 2. The van der Waals surface area contributed by atoms with Gasteiger partial charge in [0.1, 0.15) is 0 Å². The minimum Gasteiger partial charge on any atom is -0.296 e. The summed E-state index contributed by atoms with van der Waals surface area (Å²) in [7, 11) is 0. The van der Waals surface area contributed by atoms with E-state index in [9.17, 15) is 9.59 Å². The molecule has 0 saturated carbocycles. The zero-order chi connectivity index (χ0) is 14.3. The van der Waals surface area contributed by atoms with Crippen molar-refractivity contribution in [2.24, 2.45) is 5.92 Å². The minimum atomic E-state index is -0.265. The van der Waals surface area contributed by atoms with Gasteiger partial charge in [0.05, 0.1) is 5.52 Å². The summed E-state index contributed by atoms with van der Waals surface area (Å²) in [5.41, 5.74) is 1.67. The summed E-state index contributed by atoms with van der Waals surface area (Å²) in [5, 5.41) is 3.83. The lowest BCUT2D eigenvalue weighted by atomic mass is 9.80. The first-order valence-corrected chi connectivity index (χ1v) is 6.82. The SMILES string of the molecule is CC1C(=O)NC(=O)CC1c1ccc(Cl)c2cccnc12. The average Bonchev–Trinajstić information content (AvgIpc) is 2.44. The van der Waals surface area contributed by atoms with Gasteiger partial charge in [-0.15, -0.1) is 0 Å². The van der Waals surface area contributed by atoms with E-state index < -0.39 is 0 Å². The molecule has 0 radical (unpaired) electrons. The van der Waals surface area contributed by atoms with Gasteiger partial charge in [0.2, 0.25) is 11.8 Å². The average molecular weight is 289 g/mol. The van der Waals surface area contributed by atoms with E-state index in [4.69, 9.17) is 11.6 Å². The Morgan fingerprint density at radius 1 is 1.30 bits per heavy atom. The first kappa shape index (κ1) is 13.1. The van der Waals surface area contributed by atoms with Gasteiger partial charge < -0.3 is 0 Å². The van der Waals surface area contributed by atoms with Crippen LogP contribution in [0.3, 0.4) is 0 Å². The number of benzene rings is 1. The van der Waals surface area contributed by atoms with Crippen molar-refractivity contribution in [2.75, 3.05) is 0 Å². The molecule has 1 aromatic heterocycles. The highest BCUT2D eigenvalue weighted by Gasteiger charge is 2.34. The van der Waals surface area contributed by atoms with Gasteiger partial charge in [0, 0.05) is 34.9 Å². The number of carbonyl (C=O) groups is 2. The molecule has 2 heterocycles. The number of nitrogens with one attached hydrogen (secondary N) is 1. The first-order valence-electron chi connectivity index (χ1n) is 6.44. The molecule has 102 valence electrons.